The molecule has 140 valence electrons. The van der Waals surface area contributed by atoms with E-state index in [1.807, 2.05) is 0 Å². The number of hydrogen-bond donors (Lipinski definition) is 2. The summed E-state index contributed by atoms with van der Waals surface area (Å²) in [4.78, 5) is 12.3. The number of carbonyl (C=O) groups excluding carboxylic acids is 1. The molecule has 0 unspecified atom stereocenters. The van der Waals surface area contributed by atoms with Gasteiger partial charge in [0.1, 0.15) is 5.60 Å². The van der Waals surface area contributed by atoms with Crippen LogP contribution in [-0.2, 0) is 26.9 Å². The lowest BCUT2D eigenvalue weighted by Gasteiger charge is -2.20. The predicted octanol–water partition coefficient (Wildman–Crippen LogP) is 3.21. The fourth-order valence-corrected chi connectivity index (χ4v) is 4.10. The predicted molar refractivity (Wildman–Crippen MR) is 84.2 cm³/mol. The van der Waals surface area contributed by atoms with Crippen molar-refractivity contribution < 1.29 is 32.9 Å². The number of ketones is 1. The normalized spacial score (nSPS) is 26.3. The van der Waals surface area contributed by atoms with Gasteiger partial charge in [-0.25, -0.2) is 0 Å². The zero-order chi connectivity index (χ0) is 19.9. The van der Waals surface area contributed by atoms with Gasteiger partial charge in [0.25, 0.3) is 0 Å². The maximum absolute atomic E-state index is 13.3. The molecule has 27 heavy (non-hydrogen) atoms. The molecule has 1 aromatic heterocycles. The van der Waals surface area contributed by atoms with Crippen LogP contribution in [0.3, 0.4) is 0 Å². The Hall–Kier alpha value is -2.99. The molecular weight excluding hydrogens is 365 g/mol. The Bertz CT molecular complexity index is 1070. The van der Waals surface area contributed by atoms with E-state index in [2.05, 4.69) is 0 Å². The Morgan fingerprint density at radius 1 is 1.22 bits per heavy atom. The van der Waals surface area contributed by atoms with Crippen LogP contribution in [0.15, 0.2) is 18.2 Å². The first-order chi connectivity index (χ1) is 12.4. The van der Waals surface area contributed by atoms with Gasteiger partial charge in [0.05, 0.1) is 34.0 Å². The maximum Gasteiger partial charge on any atom is 0.417 e. The molecule has 9 heteroatoms. The number of aromatic hydroxyl groups is 2. The van der Waals surface area contributed by atoms with Crippen LogP contribution in [-0.4, -0.2) is 20.6 Å². The van der Waals surface area contributed by atoms with Crippen LogP contribution in [0.2, 0.25) is 0 Å². The average molecular weight is 378 g/mol. The van der Waals surface area contributed by atoms with Gasteiger partial charge in [-0.15, -0.1) is 0 Å². The number of aromatic nitrogens is 1. The van der Waals surface area contributed by atoms with Crippen LogP contribution in [0, 0.1) is 11.3 Å². The van der Waals surface area contributed by atoms with Crippen LogP contribution in [0.5, 0.6) is 11.8 Å². The van der Waals surface area contributed by atoms with Crippen LogP contribution < -0.4 is 0 Å². The summed E-state index contributed by atoms with van der Waals surface area (Å²) in [5.74, 6) is -1.36. The molecule has 2 aliphatic heterocycles. The Morgan fingerprint density at radius 2 is 1.85 bits per heavy atom. The number of hydrogen-bond acceptors (Lipinski definition) is 5. The molecule has 1 fully saturated rings. The minimum atomic E-state index is -4.79. The summed E-state index contributed by atoms with van der Waals surface area (Å²) < 4.78 is 46.3. The molecule has 3 heterocycles. The summed E-state index contributed by atoms with van der Waals surface area (Å²) in [6.07, 6.45) is -4.81. The fraction of sp³-hybridized carbons (Fsp3) is 0.333. The summed E-state index contributed by atoms with van der Waals surface area (Å²) >= 11 is 0. The standard InChI is InChI=1S/C18H13F3N2O4/c1-16-6-11(24)17(2,27-16)13-12(16)14(25)23(15(13)26)9-4-3-8(7-22)10(5-9)18(19,20)21/h3-5,25-26H,6H2,1-2H3/t16-,17+/m1/s1. The fourth-order valence-electron chi connectivity index (χ4n) is 4.10. The molecule has 1 aromatic carbocycles. The van der Waals surface area contributed by atoms with Crippen molar-refractivity contribution in [1.29, 1.82) is 5.26 Å². The van der Waals surface area contributed by atoms with E-state index in [1.54, 1.807) is 6.92 Å². The zero-order valence-corrected chi connectivity index (χ0v) is 14.2. The number of rotatable bonds is 1. The number of halogens is 3. The molecule has 6 nitrogen and oxygen atoms in total. The number of ether oxygens (including phenoxy) is 1. The van der Waals surface area contributed by atoms with Gasteiger partial charge in [-0.2, -0.15) is 18.4 Å². The minimum Gasteiger partial charge on any atom is -0.494 e. The van der Waals surface area contributed by atoms with Crippen LogP contribution in [0.4, 0.5) is 13.2 Å². The molecule has 0 amide bonds. The Morgan fingerprint density at radius 3 is 2.44 bits per heavy atom. The van der Waals surface area contributed by atoms with Crippen molar-refractivity contribution in [3.8, 4) is 23.5 Å². The summed E-state index contributed by atoms with van der Waals surface area (Å²) in [6, 6.07) is 4.28. The molecule has 0 saturated carbocycles. The molecule has 0 spiro atoms. The van der Waals surface area contributed by atoms with E-state index in [-0.39, 0.29) is 29.0 Å². The molecule has 2 aliphatic rings. The van der Waals surface area contributed by atoms with E-state index in [4.69, 9.17) is 10.00 Å². The zero-order valence-electron chi connectivity index (χ0n) is 14.2. The van der Waals surface area contributed by atoms with Crippen molar-refractivity contribution in [2.24, 2.45) is 0 Å². The molecule has 1 saturated heterocycles. The van der Waals surface area contributed by atoms with Crippen molar-refractivity contribution in [3.63, 3.8) is 0 Å². The third-order valence-electron chi connectivity index (χ3n) is 5.27. The van der Waals surface area contributed by atoms with Gasteiger partial charge >= 0.3 is 6.18 Å². The van der Waals surface area contributed by atoms with E-state index in [0.717, 1.165) is 10.6 Å². The lowest BCUT2D eigenvalue weighted by molar-refractivity contribution is -0.137. The quantitative estimate of drug-likeness (QED) is 0.795. The van der Waals surface area contributed by atoms with Crippen molar-refractivity contribution in [2.45, 2.75) is 37.6 Å². The molecule has 2 N–H and O–H groups in total. The highest BCUT2D eigenvalue weighted by molar-refractivity contribution is 5.95. The first-order valence-corrected chi connectivity index (χ1v) is 7.97. The number of carbonyl (C=O) groups is 1. The average Bonchev–Trinajstić information content (AvgIpc) is 3.07. The topological polar surface area (TPSA) is 95.5 Å². The molecular formula is C18H13F3N2O4. The Labute approximate surface area is 151 Å². The van der Waals surface area contributed by atoms with Gasteiger partial charge in [0.2, 0.25) is 11.8 Å². The third-order valence-corrected chi connectivity index (χ3v) is 5.27. The lowest BCUT2D eigenvalue weighted by atomic mass is 9.79. The van der Waals surface area contributed by atoms with Gasteiger partial charge in [0, 0.05) is 6.42 Å². The van der Waals surface area contributed by atoms with Gasteiger partial charge < -0.3 is 14.9 Å². The lowest BCUT2D eigenvalue weighted by Crippen LogP contribution is -2.28. The number of benzene rings is 1. The van der Waals surface area contributed by atoms with Crippen molar-refractivity contribution in [1.82, 2.24) is 4.57 Å². The van der Waals surface area contributed by atoms with Gasteiger partial charge in [-0.1, -0.05) is 0 Å². The monoisotopic (exact) mass is 378 g/mol. The second-order valence-corrected chi connectivity index (χ2v) is 7.04. The molecule has 0 aliphatic carbocycles. The van der Waals surface area contributed by atoms with E-state index in [1.165, 1.54) is 19.1 Å². The SMILES string of the molecule is C[C@]12CC(=O)[C@](C)(O1)c1c2c(O)n(-c2ccc(C#N)c(C(F)(F)F)c2)c1O. The summed E-state index contributed by atoms with van der Waals surface area (Å²) in [6.45, 7) is 3.03. The molecule has 0 radical (unpaired) electrons. The molecule has 4 rings (SSSR count). The number of fused-ring (bicyclic) bond motifs is 5. The number of nitriles is 1. The summed E-state index contributed by atoms with van der Waals surface area (Å²) in [7, 11) is 0. The van der Waals surface area contributed by atoms with Crippen LogP contribution in [0.1, 0.15) is 42.5 Å². The molecule has 2 bridgehead atoms. The minimum absolute atomic E-state index is 0.0192. The van der Waals surface area contributed by atoms with Gasteiger partial charge in [-0.05, 0) is 32.0 Å². The Balaban J connectivity index is 1.99. The van der Waals surface area contributed by atoms with Crippen LogP contribution >= 0.6 is 0 Å². The van der Waals surface area contributed by atoms with Gasteiger partial charge in [-0.3, -0.25) is 9.36 Å². The first-order valence-electron chi connectivity index (χ1n) is 7.97. The smallest absolute Gasteiger partial charge is 0.417 e. The van der Waals surface area contributed by atoms with Crippen LogP contribution in [0.25, 0.3) is 5.69 Å². The van der Waals surface area contributed by atoms with Crippen molar-refractivity contribution >= 4 is 5.78 Å². The van der Waals surface area contributed by atoms with Crippen molar-refractivity contribution in [2.75, 3.05) is 0 Å². The highest BCUT2D eigenvalue weighted by atomic mass is 19.4. The van der Waals surface area contributed by atoms with E-state index >= 15 is 0 Å². The second kappa shape index (κ2) is 4.84. The number of Topliss-reactive ketones (excluding diaryl/α,β-unsaturated/α-hetero) is 1. The number of alkyl halides is 3. The molecule has 2 aromatic rings. The highest BCUT2D eigenvalue weighted by Gasteiger charge is 2.64. The van der Waals surface area contributed by atoms with Crippen molar-refractivity contribution in [3.05, 3.63) is 40.5 Å². The van der Waals surface area contributed by atoms with E-state index in [9.17, 15) is 28.2 Å². The maximum atomic E-state index is 13.3. The summed E-state index contributed by atoms with van der Waals surface area (Å²) in [5, 5.41) is 30.2. The Kier molecular flexibility index (Phi) is 3.12. The highest BCUT2D eigenvalue weighted by Crippen LogP contribution is 2.62. The van der Waals surface area contributed by atoms with E-state index < -0.39 is 40.3 Å². The number of nitrogens with zero attached hydrogens (tertiary/aromatic N) is 2. The second-order valence-electron chi connectivity index (χ2n) is 7.04. The third kappa shape index (κ3) is 2.01. The van der Waals surface area contributed by atoms with Gasteiger partial charge in [0.15, 0.2) is 11.4 Å². The first kappa shape index (κ1) is 17.4. The largest absolute Gasteiger partial charge is 0.494 e. The van der Waals surface area contributed by atoms with E-state index in [0.29, 0.717) is 6.07 Å². The molecule has 2 atom stereocenters. The summed E-state index contributed by atoms with van der Waals surface area (Å²) in [5.41, 5.74) is -4.38.